The van der Waals surface area contributed by atoms with Gasteiger partial charge in [0.1, 0.15) is 17.3 Å². The van der Waals surface area contributed by atoms with Gasteiger partial charge in [-0.1, -0.05) is 12.1 Å². The van der Waals surface area contributed by atoms with Crippen LogP contribution in [0.3, 0.4) is 0 Å². The molecule has 31 heavy (non-hydrogen) atoms. The van der Waals surface area contributed by atoms with E-state index in [9.17, 15) is 8.78 Å². The molecule has 6 heteroatoms. The number of nitrogens with one attached hydrogen (secondary N) is 3. The van der Waals surface area contributed by atoms with Gasteiger partial charge in [0.2, 0.25) is 0 Å². The highest BCUT2D eigenvalue weighted by Crippen LogP contribution is 2.34. The van der Waals surface area contributed by atoms with Crippen LogP contribution in [-0.2, 0) is 6.54 Å². The lowest BCUT2D eigenvalue weighted by atomic mass is 9.94. The Hall–Kier alpha value is -3.25. The van der Waals surface area contributed by atoms with Gasteiger partial charge in [-0.05, 0) is 79.5 Å². The molecule has 1 aliphatic heterocycles. The van der Waals surface area contributed by atoms with Crippen LogP contribution in [0.15, 0.2) is 60.8 Å². The van der Waals surface area contributed by atoms with Gasteiger partial charge >= 0.3 is 0 Å². The Bertz CT molecular complexity index is 1190. The second-order valence-electron chi connectivity index (χ2n) is 8.04. The molecule has 0 aliphatic carbocycles. The highest BCUT2D eigenvalue weighted by atomic mass is 19.1. The maximum absolute atomic E-state index is 14.8. The van der Waals surface area contributed by atoms with E-state index in [1.165, 1.54) is 23.9 Å². The van der Waals surface area contributed by atoms with E-state index in [4.69, 9.17) is 0 Å². The lowest BCUT2D eigenvalue weighted by Gasteiger charge is -2.21. The molecular weight excluding hydrogens is 394 g/mol. The summed E-state index contributed by atoms with van der Waals surface area (Å²) >= 11 is 0. The van der Waals surface area contributed by atoms with Crippen molar-refractivity contribution in [2.75, 3.05) is 18.4 Å². The molecule has 4 nitrogen and oxygen atoms in total. The topological polar surface area (TPSA) is 52.7 Å². The predicted octanol–water partition coefficient (Wildman–Crippen LogP) is 5.59. The fraction of sp³-hybridized carbons (Fsp3) is 0.240. The van der Waals surface area contributed by atoms with Gasteiger partial charge in [-0.25, -0.2) is 13.8 Å². The summed E-state index contributed by atoms with van der Waals surface area (Å²) in [4.78, 5) is 7.93. The van der Waals surface area contributed by atoms with Crippen LogP contribution in [0, 0.1) is 11.6 Å². The average molecular weight is 418 g/mol. The van der Waals surface area contributed by atoms with Crippen molar-refractivity contribution in [3.05, 3.63) is 83.7 Å². The second kappa shape index (κ2) is 8.47. The van der Waals surface area contributed by atoms with Crippen LogP contribution in [0.25, 0.3) is 22.2 Å². The minimum absolute atomic E-state index is 0.259. The lowest BCUT2D eigenvalue weighted by Crippen LogP contribution is -2.26. The van der Waals surface area contributed by atoms with Gasteiger partial charge in [-0.15, -0.1) is 0 Å². The summed E-state index contributed by atoms with van der Waals surface area (Å²) in [5, 5.41) is 7.63. The zero-order valence-corrected chi connectivity index (χ0v) is 17.1. The monoisotopic (exact) mass is 418 g/mol. The number of anilines is 1. The van der Waals surface area contributed by atoms with Crippen molar-refractivity contribution in [3.63, 3.8) is 0 Å². The molecule has 1 fully saturated rings. The summed E-state index contributed by atoms with van der Waals surface area (Å²) in [5.41, 5.74) is 5.07. The summed E-state index contributed by atoms with van der Waals surface area (Å²) in [7, 11) is 0. The molecule has 0 bridgehead atoms. The molecule has 4 aromatic rings. The number of H-pyrrole nitrogens is 1. The number of fused-ring (bicyclic) bond motifs is 1. The minimum Gasteiger partial charge on any atom is -0.381 e. The summed E-state index contributed by atoms with van der Waals surface area (Å²) in [6.07, 6.45) is 3.89. The summed E-state index contributed by atoms with van der Waals surface area (Å²) in [5.74, 6) is -0.0637. The molecule has 0 amide bonds. The number of hydrogen-bond acceptors (Lipinski definition) is 3. The number of nitrogens with zero attached hydrogens (tertiary/aromatic N) is 1. The number of benzene rings is 2. The molecule has 3 N–H and O–H groups in total. The van der Waals surface area contributed by atoms with Crippen molar-refractivity contribution in [1.29, 1.82) is 0 Å². The minimum atomic E-state index is -0.274. The number of pyridine rings is 1. The van der Waals surface area contributed by atoms with E-state index in [-0.39, 0.29) is 11.6 Å². The second-order valence-corrected chi connectivity index (χ2v) is 8.04. The van der Waals surface area contributed by atoms with Crippen molar-refractivity contribution < 1.29 is 8.78 Å². The third-order valence-corrected chi connectivity index (χ3v) is 6.00. The number of hydrogen-bond donors (Lipinski definition) is 3. The van der Waals surface area contributed by atoms with E-state index < -0.39 is 0 Å². The van der Waals surface area contributed by atoms with Crippen molar-refractivity contribution in [1.82, 2.24) is 15.3 Å². The van der Waals surface area contributed by atoms with E-state index in [0.717, 1.165) is 53.8 Å². The van der Waals surface area contributed by atoms with Gasteiger partial charge in [0.25, 0.3) is 0 Å². The van der Waals surface area contributed by atoms with Crippen LogP contribution in [0.4, 0.5) is 14.5 Å². The van der Waals surface area contributed by atoms with E-state index in [1.54, 1.807) is 24.4 Å². The Morgan fingerprint density at radius 1 is 0.935 bits per heavy atom. The Kier molecular flexibility index (Phi) is 5.38. The molecule has 2 aromatic heterocycles. The largest absolute Gasteiger partial charge is 0.381 e. The maximum atomic E-state index is 14.8. The fourth-order valence-electron chi connectivity index (χ4n) is 4.28. The summed E-state index contributed by atoms with van der Waals surface area (Å²) in [6, 6.07) is 15.4. The highest BCUT2D eigenvalue weighted by Gasteiger charge is 2.19. The van der Waals surface area contributed by atoms with Crippen molar-refractivity contribution in [3.8, 4) is 11.1 Å². The van der Waals surface area contributed by atoms with Crippen LogP contribution >= 0.6 is 0 Å². The van der Waals surface area contributed by atoms with Gasteiger partial charge in [0.05, 0.1) is 0 Å². The zero-order chi connectivity index (χ0) is 21.2. The molecule has 0 unspecified atom stereocenters. The lowest BCUT2D eigenvalue weighted by molar-refractivity contribution is 0.455. The Labute approximate surface area is 179 Å². The van der Waals surface area contributed by atoms with Crippen LogP contribution in [-0.4, -0.2) is 23.1 Å². The standard InChI is InChI=1S/C25H24F2N4/c26-18-3-1-16(2-4-18)15-30-19-5-6-23(27)21(13-19)20-9-12-29-25-22(20)14-24(31-25)17-7-10-28-11-8-17/h1-6,9,12-14,17,28,30H,7-8,10-11,15H2,(H,29,31). The molecule has 5 rings (SSSR count). The molecule has 0 radical (unpaired) electrons. The fourth-order valence-corrected chi connectivity index (χ4v) is 4.28. The van der Waals surface area contributed by atoms with E-state index in [1.807, 2.05) is 12.1 Å². The number of piperidine rings is 1. The van der Waals surface area contributed by atoms with Crippen molar-refractivity contribution in [2.45, 2.75) is 25.3 Å². The van der Waals surface area contributed by atoms with Crippen LogP contribution in [0.5, 0.6) is 0 Å². The maximum Gasteiger partial charge on any atom is 0.138 e. The summed E-state index contributed by atoms with van der Waals surface area (Å²) < 4.78 is 28.0. The van der Waals surface area contributed by atoms with Crippen LogP contribution in [0.1, 0.15) is 30.0 Å². The third-order valence-electron chi connectivity index (χ3n) is 6.00. The van der Waals surface area contributed by atoms with E-state index in [0.29, 0.717) is 18.0 Å². The summed E-state index contributed by atoms with van der Waals surface area (Å²) in [6.45, 7) is 2.55. The first kappa shape index (κ1) is 19.7. The molecule has 0 spiro atoms. The highest BCUT2D eigenvalue weighted by molar-refractivity contribution is 5.94. The first-order valence-electron chi connectivity index (χ1n) is 10.6. The quantitative estimate of drug-likeness (QED) is 0.396. The van der Waals surface area contributed by atoms with Crippen LogP contribution < -0.4 is 10.6 Å². The molecule has 2 aromatic carbocycles. The Balaban J connectivity index is 1.45. The molecule has 1 aliphatic rings. The van der Waals surface area contributed by atoms with Gasteiger partial charge in [-0.3, -0.25) is 0 Å². The van der Waals surface area contributed by atoms with Gasteiger partial charge < -0.3 is 15.6 Å². The third kappa shape index (κ3) is 4.16. The molecule has 0 saturated carbocycles. The van der Waals surface area contributed by atoms with Crippen molar-refractivity contribution >= 4 is 16.7 Å². The first-order valence-corrected chi connectivity index (χ1v) is 10.6. The van der Waals surface area contributed by atoms with E-state index >= 15 is 0 Å². The number of rotatable bonds is 5. The molecular formula is C25H24F2N4. The number of aromatic amines is 1. The molecule has 1 saturated heterocycles. The zero-order valence-electron chi connectivity index (χ0n) is 17.1. The number of aromatic nitrogens is 2. The van der Waals surface area contributed by atoms with Crippen molar-refractivity contribution in [2.24, 2.45) is 0 Å². The molecule has 0 atom stereocenters. The van der Waals surface area contributed by atoms with Crippen LogP contribution in [0.2, 0.25) is 0 Å². The normalized spacial score (nSPS) is 14.8. The smallest absolute Gasteiger partial charge is 0.138 e. The first-order chi connectivity index (χ1) is 15.2. The van der Waals surface area contributed by atoms with Gasteiger partial charge in [-0.2, -0.15) is 0 Å². The molecule has 158 valence electrons. The Morgan fingerprint density at radius 3 is 2.55 bits per heavy atom. The number of halogens is 2. The predicted molar refractivity (Wildman–Crippen MR) is 120 cm³/mol. The Morgan fingerprint density at radius 2 is 1.74 bits per heavy atom. The molecule has 3 heterocycles. The van der Waals surface area contributed by atoms with Gasteiger partial charge in [0.15, 0.2) is 0 Å². The average Bonchev–Trinajstić information content (AvgIpc) is 3.25. The van der Waals surface area contributed by atoms with Gasteiger partial charge in [0, 0.05) is 41.0 Å². The van der Waals surface area contributed by atoms with E-state index in [2.05, 4.69) is 26.7 Å². The SMILES string of the molecule is Fc1ccc(CNc2ccc(F)c(-c3ccnc4[nH]c(C5CCNCC5)cc34)c2)cc1.